The summed E-state index contributed by atoms with van der Waals surface area (Å²) in [5.41, 5.74) is 5.53. The number of benzene rings is 2. The number of nitrogens with zero attached hydrogens (tertiary/aromatic N) is 4. The van der Waals surface area contributed by atoms with Crippen LogP contribution in [0.3, 0.4) is 0 Å². The summed E-state index contributed by atoms with van der Waals surface area (Å²) < 4.78 is 5.63. The molecular formula is C26H34N4O2. The van der Waals surface area contributed by atoms with Gasteiger partial charge in [-0.25, -0.2) is 5.01 Å². The standard InChI is InChI=1S/C26H34N4O2/c1-5-28-12-14-29(15-13-28)18-26(31)30-24(22-8-6-7-9-25(22)32-4)17-23(27-30)21-11-10-19(2)20(3)16-21/h6-11,16,24H,5,12-15,17-18H2,1-4H3. The van der Waals surface area contributed by atoms with Crippen molar-refractivity contribution < 1.29 is 9.53 Å². The molecule has 0 saturated carbocycles. The van der Waals surface area contributed by atoms with Gasteiger partial charge >= 0.3 is 0 Å². The third-order valence-electron chi connectivity index (χ3n) is 6.77. The van der Waals surface area contributed by atoms with Gasteiger partial charge in [0.2, 0.25) is 0 Å². The van der Waals surface area contributed by atoms with E-state index in [9.17, 15) is 4.79 Å². The van der Waals surface area contributed by atoms with Gasteiger partial charge in [-0.1, -0.05) is 37.3 Å². The molecule has 2 aliphatic rings. The summed E-state index contributed by atoms with van der Waals surface area (Å²) in [6.07, 6.45) is 0.679. The van der Waals surface area contributed by atoms with Crippen molar-refractivity contribution in [3.63, 3.8) is 0 Å². The van der Waals surface area contributed by atoms with E-state index in [2.05, 4.69) is 48.8 Å². The summed E-state index contributed by atoms with van der Waals surface area (Å²) in [4.78, 5) is 18.1. The Balaban J connectivity index is 1.60. The third kappa shape index (κ3) is 4.71. The van der Waals surface area contributed by atoms with Crippen molar-refractivity contribution in [2.24, 2.45) is 5.10 Å². The van der Waals surface area contributed by atoms with Crippen LogP contribution >= 0.6 is 0 Å². The molecule has 1 unspecified atom stereocenters. The van der Waals surface area contributed by atoms with Gasteiger partial charge in [0.15, 0.2) is 0 Å². The molecule has 1 saturated heterocycles. The number of likely N-dealkylation sites (N-methyl/N-ethyl adjacent to an activating group) is 1. The first-order chi connectivity index (χ1) is 15.5. The van der Waals surface area contributed by atoms with Crippen LogP contribution in [0.4, 0.5) is 0 Å². The lowest BCUT2D eigenvalue weighted by Crippen LogP contribution is -2.49. The molecule has 4 rings (SSSR count). The maximum Gasteiger partial charge on any atom is 0.257 e. The van der Waals surface area contributed by atoms with E-state index >= 15 is 0 Å². The first kappa shape index (κ1) is 22.5. The number of aryl methyl sites for hydroxylation is 2. The van der Waals surface area contributed by atoms with Gasteiger partial charge in [-0.3, -0.25) is 9.69 Å². The van der Waals surface area contributed by atoms with Crippen LogP contribution in [0.5, 0.6) is 5.75 Å². The fourth-order valence-electron chi connectivity index (χ4n) is 4.55. The van der Waals surface area contributed by atoms with Gasteiger partial charge < -0.3 is 9.64 Å². The molecule has 1 atom stereocenters. The molecule has 2 heterocycles. The monoisotopic (exact) mass is 434 g/mol. The van der Waals surface area contributed by atoms with Gasteiger partial charge in [0.1, 0.15) is 5.75 Å². The minimum Gasteiger partial charge on any atom is -0.496 e. The Bertz CT molecular complexity index is 995. The van der Waals surface area contributed by atoms with Crippen LogP contribution in [0.2, 0.25) is 0 Å². The molecule has 2 aromatic carbocycles. The zero-order chi connectivity index (χ0) is 22.7. The van der Waals surface area contributed by atoms with E-state index in [0.717, 1.165) is 55.3 Å². The van der Waals surface area contributed by atoms with E-state index in [1.807, 2.05) is 24.3 Å². The summed E-state index contributed by atoms with van der Waals surface area (Å²) in [6, 6.07) is 14.2. The zero-order valence-electron chi connectivity index (χ0n) is 19.7. The van der Waals surface area contributed by atoms with Crippen LogP contribution in [0.25, 0.3) is 0 Å². The quantitative estimate of drug-likeness (QED) is 0.697. The van der Waals surface area contributed by atoms with Gasteiger partial charge in [0, 0.05) is 38.2 Å². The van der Waals surface area contributed by atoms with Gasteiger partial charge in [-0.2, -0.15) is 5.10 Å². The molecule has 0 aliphatic carbocycles. The predicted molar refractivity (Wildman–Crippen MR) is 128 cm³/mol. The minimum atomic E-state index is -0.160. The topological polar surface area (TPSA) is 48.4 Å². The molecule has 0 bridgehead atoms. The van der Waals surface area contributed by atoms with Crippen molar-refractivity contribution >= 4 is 11.6 Å². The summed E-state index contributed by atoms with van der Waals surface area (Å²) in [7, 11) is 1.68. The second-order valence-corrected chi connectivity index (χ2v) is 8.76. The molecule has 6 heteroatoms. The molecule has 0 N–H and O–H groups in total. The number of piperazine rings is 1. The lowest BCUT2D eigenvalue weighted by molar-refractivity contribution is -0.134. The van der Waals surface area contributed by atoms with Crippen molar-refractivity contribution in [1.29, 1.82) is 0 Å². The predicted octanol–water partition coefficient (Wildman–Crippen LogP) is 3.63. The molecule has 0 spiro atoms. The third-order valence-corrected chi connectivity index (χ3v) is 6.77. The number of hydrogen-bond donors (Lipinski definition) is 0. The molecular weight excluding hydrogens is 400 g/mol. The fraction of sp³-hybridized carbons (Fsp3) is 0.462. The Morgan fingerprint density at radius 3 is 2.44 bits per heavy atom. The Labute approximate surface area is 191 Å². The fourth-order valence-corrected chi connectivity index (χ4v) is 4.55. The van der Waals surface area contributed by atoms with Crippen LogP contribution in [0.1, 0.15) is 41.6 Å². The molecule has 32 heavy (non-hydrogen) atoms. The molecule has 2 aliphatic heterocycles. The average Bonchev–Trinajstić information content (AvgIpc) is 3.27. The number of ether oxygens (including phenoxy) is 1. The van der Waals surface area contributed by atoms with E-state index in [4.69, 9.17) is 9.84 Å². The molecule has 1 fully saturated rings. The Kier molecular flexibility index (Phi) is 6.92. The van der Waals surface area contributed by atoms with Crippen LogP contribution in [0, 0.1) is 13.8 Å². The Morgan fingerprint density at radius 2 is 1.75 bits per heavy atom. The number of rotatable bonds is 6. The lowest BCUT2D eigenvalue weighted by atomic mass is 9.96. The molecule has 0 aromatic heterocycles. The van der Waals surface area contributed by atoms with Gasteiger partial charge in [0.25, 0.3) is 5.91 Å². The highest BCUT2D eigenvalue weighted by atomic mass is 16.5. The minimum absolute atomic E-state index is 0.0460. The molecule has 6 nitrogen and oxygen atoms in total. The first-order valence-corrected chi connectivity index (χ1v) is 11.5. The summed E-state index contributed by atoms with van der Waals surface area (Å²) in [5, 5.41) is 6.57. The van der Waals surface area contributed by atoms with Gasteiger partial charge in [0.05, 0.1) is 25.4 Å². The van der Waals surface area contributed by atoms with Crippen molar-refractivity contribution in [3.8, 4) is 5.75 Å². The van der Waals surface area contributed by atoms with Crippen molar-refractivity contribution in [1.82, 2.24) is 14.8 Å². The highest BCUT2D eigenvalue weighted by molar-refractivity contribution is 6.03. The van der Waals surface area contributed by atoms with Crippen LogP contribution in [-0.4, -0.2) is 72.8 Å². The summed E-state index contributed by atoms with van der Waals surface area (Å²) in [5.74, 6) is 0.841. The lowest BCUT2D eigenvalue weighted by Gasteiger charge is -2.34. The second-order valence-electron chi connectivity index (χ2n) is 8.76. The second kappa shape index (κ2) is 9.84. The maximum atomic E-state index is 13.5. The van der Waals surface area contributed by atoms with Crippen molar-refractivity contribution in [2.75, 3.05) is 46.4 Å². The molecule has 170 valence electrons. The smallest absolute Gasteiger partial charge is 0.257 e. The number of hydrogen-bond acceptors (Lipinski definition) is 5. The van der Waals surface area contributed by atoms with Crippen LogP contribution in [0.15, 0.2) is 47.6 Å². The average molecular weight is 435 g/mol. The Morgan fingerprint density at radius 1 is 1.03 bits per heavy atom. The molecule has 2 aromatic rings. The molecule has 0 radical (unpaired) electrons. The normalized spacial score (nSPS) is 19.8. The SMILES string of the molecule is CCN1CCN(CC(=O)N2N=C(c3ccc(C)c(C)c3)CC2c2ccccc2OC)CC1. The van der Waals surface area contributed by atoms with E-state index < -0.39 is 0 Å². The van der Waals surface area contributed by atoms with Gasteiger partial charge in [-0.15, -0.1) is 0 Å². The number of amides is 1. The summed E-state index contributed by atoms with van der Waals surface area (Å²) >= 11 is 0. The Hall–Kier alpha value is -2.70. The molecule has 1 amide bonds. The van der Waals surface area contributed by atoms with E-state index in [0.29, 0.717) is 13.0 Å². The van der Waals surface area contributed by atoms with E-state index in [1.165, 1.54) is 11.1 Å². The van der Waals surface area contributed by atoms with Crippen molar-refractivity contribution in [2.45, 2.75) is 33.2 Å². The largest absolute Gasteiger partial charge is 0.496 e. The maximum absolute atomic E-state index is 13.5. The van der Waals surface area contributed by atoms with Crippen molar-refractivity contribution in [3.05, 3.63) is 64.7 Å². The van der Waals surface area contributed by atoms with E-state index in [1.54, 1.807) is 12.1 Å². The summed E-state index contributed by atoms with van der Waals surface area (Å²) in [6.45, 7) is 11.7. The van der Waals surface area contributed by atoms with Gasteiger partial charge in [-0.05, 0) is 49.2 Å². The first-order valence-electron chi connectivity index (χ1n) is 11.5. The highest BCUT2D eigenvalue weighted by Gasteiger charge is 2.35. The number of carbonyl (C=O) groups excluding carboxylic acids is 1. The highest BCUT2D eigenvalue weighted by Crippen LogP contribution is 2.37. The van der Waals surface area contributed by atoms with E-state index in [-0.39, 0.29) is 11.9 Å². The number of para-hydroxylation sites is 1. The zero-order valence-corrected chi connectivity index (χ0v) is 19.7. The van der Waals surface area contributed by atoms with Crippen LogP contribution < -0.4 is 4.74 Å². The number of methoxy groups -OCH3 is 1. The number of carbonyl (C=O) groups is 1. The van der Waals surface area contributed by atoms with Crippen LogP contribution in [-0.2, 0) is 4.79 Å². The number of hydrazone groups is 1.